The lowest BCUT2D eigenvalue weighted by Crippen LogP contribution is -2.35. The van der Waals surface area contributed by atoms with Gasteiger partial charge in [0.15, 0.2) is 0 Å². The average molecular weight is 366 g/mol. The third kappa shape index (κ3) is 3.32. The van der Waals surface area contributed by atoms with E-state index in [9.17, 15) is 26.7 Å². The molecule has 0 aliphatic carbocycles. The number of hydrogen-bond donors (Lipinski definition) is 1. The molecule has 2 aromatic rings. The van der Waals surface area contributed by atoms with Crippen molar-refractivity contribution in [1.82, 2.24) is 4.98 Å². The van der Waals surface area contributed by atoms with Crippen molar-refractivity contribution in [1.29, 1.82) is 0 Å². The summed E-state index contributed by atoms with van der Waals surface area (Å²) in [6, 6.07) is 5.67. The molecule has 0 atom stereocenters. The summed E-state index contributed by atoms with van der Waals surface area (Å²) in [4.78, 5) is 14.2. The summed E-state index contributed by atoms with van der Waals surface area (Å²) in [6.07, 6.45) is -5.89. The van der Waals surface area contributed by atoms with Crippen LogP contribution < -0.4 is 5.73 Å². The summed E-state index contributed by atoms with van der Waals surface area (Å²) in [5.41, 5.74) is 4.46. The van der Waals surface area contributed by atoms with Crippen molar-refractivity contribution >= 4 is 23.0 Å². The van der Waals surface area contributed by atoms with Gasteiger partial charge in [-0.25, -0.2) is 9.78 Å². The maximum absolute atomic E-state index is 13.7. The summed E-state index contributed by atoms with van der Waals surface area (Å²) in [5, 5.41) is -0.169. The highest BCUT2D eigenvalue weighted by Gasteiger charge is 2.62. The van der Waals surface area contributed by atoms with E-state index in [4.69, 9.17) is 5.73 Å². The van der Waals surface area contributed by atoms with Crippen LogP contribution in [0.1, 0.15) is 22.3 Å². The number of nitrogens with zero attached hydrogens (tertiary/aromatic N) is 1. The standard InChI is InChI=1S/C14H11F5N2O2S/c1-2-23-12(22)9-10(13(15,16)14(17,18)19)21-11(24-9)7-3-5-8(20)6-4-7/h3-6H,2,20H2,1H3. The van der Waals surface area contributed by atoms with Gasteiger partial charge in [0.1, 0.15) is 15.6 Å². The van der Waals surface area contributed by atoms with E-state index in [1.807, 2.05) is 0 Å². The van der Waals surface area contributed by atoms with Crippen molar-refractivity contribution < 1.29 is 31.5 Å². The topological polar surface area (TPSA) is 65.2 Å². The molecular formula is C14H11F5N2O2S. The molecule has 0 amide bonds. The molecule has 0 radical (unpaired) electrons. The molecule has 24 heavy (non-hydrogen) atoms. The number of alkyl halides is 5. The fourth-order valence-electron chi connectivity index (χ4n) is 1.75. The summed E-state index contributed by atoms with van der Waals surface area (Å²) in [7, 11) is 0. The molecule has 0 bridgehead atoms. The minimum absolute atomic E-state index is 0.169. The molecule has 1 aromatic carbocycles. The number of halogens is 5. The smallest absolute Gasteiger partial charge is 0.459 e. The number of ether oxygens (including phenoxy) is 1. The van der Waals surface area contributed by atoms with Crippen molar-refractivity contribution in [2.75, 3.05) is 12.3 Å². The summed E-state index contributed by atoms with van der Waals surface area (Å²) in [6.45, 7) is 1.23. The molecule has 0 fully saturated rings. The van der Waals surface area contributed by atoms with Crippen molar-refractivity contribution in [3.8, 4) is 10.6 Å². The van der Waals surface area contributed by atoms with E-state index in [1.165, 1.54) is 31.2 Å². The van der Waals surface area contributed by atoms with Gasteiger partial charge in [0.05, 0.1) is 6.61 Å². The van der Waals surface area contributed by atoms with E-state index in [1.54, 1.807) is 0 Å². The normalized spacial score (nSPS) is 12.2. The number of nitrogens with two attached hydrogens (primary N) is 1. The summed E-state index contributed by atoms with van der Waals surface area (Å²) < 4.78 is 69.9. The Labute approximate surface area is 137 Å². The molecule has 10 heteroatoms. The van der Waals surface area contributed by atoms with Gasteiger partial charge in [-0.1, -0.05) is 0 Å². The molecule has 0 saturated heterocycles. The van der Waals surface area contributed by atoms with Gasteiger partial charge in [0.25, 0.3) is 0 Å². The van der Waals surface area contributed by atoms with Gasteiger partial charge in [-0.3, -0.25) is 0 Å². The molecule has 0 aliphatic heterocycles. The second-order valence-electron chi connectivity index (χ2n) is 4.61. The van der Waals surface area contributed by atoms with E-state index in [0.717, 1.165) is 0 Å². The molecule has 1 heterocycles. The molecular weight excluding hydrogens is 355 g/mol. The maximum atomic E-state index is 13.7. The zero-order valence-electron chi connectivity index (χ0n) is 12.2. The average Bonchev–Trinajstić information content (AvgIpc) is 2.93. The van der Waals surface area contributed by atoms with Gasteiger partial charge in [-0.15, -0.1) is 11.3 Å². The Morgan fingerprint density at radius 3 is 2.29 bits per heavy atom. The first-order valence-corrected chi connectivity index (χ1v) is 7.38. The predicted octanol–water partition coefficient (Wildman–Crippen LogP) is 4.22. The third-order valence-corrected chi connectivity index (χ3v) is 3.98. The molecule has 1 aromatic heterocycles. The number of carbonyl (C=O) groups is 1. The highest BCUT2D eigenvalue weighted by atomic mass is 32.1. The Balaban J connectivity index is 2.60. The van der Waals surface area contributed by atoms with Crippen molar-refractivity contribution in [3.05, 3.63) is 34.8 Å². The Morgan fingerprint density at radius 2 is 1.79 bits per heavy atom. The predicted molar refractivity (Wildman–Crippen MR) is 77.9 cm³/mol. The lowest BCUT2D eigenvalue weighted by atomic mass is 10.2. The SMILES string of the molecule is CCOC(=O)c1sc(-c2ccc(N)cc2)nc1C(F)(F)C(F)(F)F. The Morgan fingerprint density at radius 1 is 1.21 bits per heavy atom. The highest BCUT2D eigenvalue weighted by molar-refractivity contribution is 7.17. The number of nitrogen functional groups attached to an aromatic ring is 1. The molecule has 2 rings (SSSR count). The summed E-state index contributed by atoms with van der Waals surface area (Å²) in [5.74, 6) is -6.56. The first kappa shape index (κ1) is 18.1. The van der Waals surface area contributed by atoms with Crippen LogP contribution in [0.4, 0.5) is 27.6 Å². The molecule has 0 aliphatic rings. The van der Waals surface area contributed by atoms with Crippen molar-refractivity contribution in [3.63, 3.8) is 0 Å². The van der Waals surface area contributed by atoms with Gasteiger partial charge in [0, 0.05) is 11.3 Å². The lowest BCUT2D eigenvalue weighted by molar-refractivity contribution is -0.290. The quantitative estimate of drug-likeness (QED) is 0.500. The van der Waals surface area contributed by atoms with Crippen LogP contribution in [-0.2, 0) is 10.7 Å². The fourth-order valence-corrected chi connectivity index (χ4v) is 2.75. The molecule has 0 unspecified atom stereocenters. The summed E-state index contributed by atoms with van der Waals surface area (Å²) >= 11 is 0.403. The largest absolute Gasteiger partial charge is 0.462 e. The molecule has 130 valence electrons. The monoisotopic (exact) mass is 366 g/mol. The number of benzene rings is 1. The number of aromatic nitrogens is 1. The van der Waals surface area contributed by atoms with Gasteiger partial charge in [0.2, 0.25) is 0 Å². The van der Waals surface area contributed by atoms with Crippen molar-refractivity contribution in [2.24, 2.45) is 0 Å². The number of esters is 1. The lowest BCUT2D eigenvalue weighted by Gasteiger charge is -2.18. The molecule has 2 N–H and O–H groups in total. The minimum Gasteiger partial charge on any atom is -0.462 e. The minimum atomic E-state index is -5.89. The number of hydrogen-bond acceptors (Lipinski definition) is 5. The zero-order chi connectivity index (χ0) is 18.1. The van der Waals surface area contributed by atoms with Crippen LogP contribution in [-0.4, -0.2) is 23.7 Å². The number of rotatable bonds is 4. The van der Waals surface area contributed by atoms with Gasteiger partial charge < -0.3 is 10.5 Å². The van der Waals surface area contributed by atoms with Crippen LogP contribution in [0.2, 0.25) is 0 Å². The van der Waals surface area contributed by atoms with Gasteiger partial charge >= 0.3 is 18.1 Å². The molecule has 0 saturated carbocycles. The zero-order valence-corrected chi connectivity index (χ0v) is 13.0. The fraction of sp³-hybridized carbons (Fsp3) is 0.286. The van der Waals surface area contributed by atoms with Crippen LogP contribution in [0.3, 0.4) is 0 Å². The second-order valence-corrected chi connectivity index (χ2v) is 5.61. The van der Waals surface area contributed by atoms with E-state index < -0.39 is 28.6 Å². The van der Waals surface area contributed by atoms with E-state index in [2.05, 4.69) is 9.72 Å². The first-order chi connectivity index (χ1) is 11.1. The van der Waals surface area contributed by atoms with E-state index in [0.29, 0.717) is 17.0 Å². The Bertz CT molecular complexity index is 741. The maximum Gasteiger partial charge on any atom is 0.459 e. The Hall–Kier alpha value is -2.23. The van der Waals surface area contributed by atoms with Crippen molar-refractivity contribution in [2.45, 2.75) is 19.0 Å². The van der Waals surface area contributed by atoms with Crippen LogP contribution in [0, 0.1) is 0 Å². The van der Waals surface area contributed by atoms with E-state index >= 15 is 0 Å². The first-order valence-electron chi connectivity index (χ1n) is 6.56. The molecule has 4 nitrogen and oxygen atoms in total. The van der Waals surface area contributed by atoms with E-state index in [-0.39, 0.29) is 17.2 Å². The van der Waals surface area contributed by atoms with Crippen LogP contribution in [0.25, 0.3) is 10.6 Å². The highest BCUT2D eigenvalue weighted by Crippen LogP contribution is 2.47. The van der Waals surface area contributed by atoms with Gasteiger partial charge in [-0.2, -0.15) is 22.0 Å². The number of carbonyl (C=O) groups excluding carboxylic acids is 1. The number of anilines is 1. The number of thiazole rings is 1. The Kier molecular flexibility index (Phi) is 4.79. The van der Waals surface area contributed by atoms with Gasteiger partial charge in [-0.05, 0) is 31.2 Å². The molecule has 0 spiro atoms. The van der Waals surface area contributed by atoms with Crippen LogP contribution >= 0.6 is 11.3 Å². The van der Waals surface area contributed by atoms with Crippen LogP contribution in [0.15, 0.2) is 24.3 Å². The second kappa shape index (κ2) is 6.34. The third-order valence-electron chi connectivity index (χ3n) is 2.90. The van der Waals surface area contributed by atoms with Crippen LogP contribution in [0.5, 0.6) is 0 Å².